The fourth-order valence-electron chi connectivity index (χ4n) is 2.21. The highest BCUT2D eigenvalue weighted by Crippen LogP contribution is 2.21. The molecule has 0 aromatic heterocycles. The van der Waals surface area contributed by atoms with Gasteiger partial charge in [-0.25, -0.2) is 0 Å². The van der Waals surface area contributed by atoms with Gasteiger partial charge in [-0.15, -0.1) is 0 Å². The molecular formula is C19H25NO3. The summed E-state index contributed by atoms with van der Waals surface area (Å²) >= 11 is 0. The molecule has 2 unspecified atom stereocenters. The maximum absolute atomic E-state index is 9.97. The lowest BCUT2D eigenvalue weighted by Crippen LogP contribution is -2.18. The molecule has 0 aliphatic heterocycles. The summed E-state index contributed by atoms with van der Waals surface area (Å²) in [6, 6.07) is 17.5. The molecule has 2 atom stereocenters. The molecule has 2 aromatic carbocycles. The molecule has 0 spiro atoms. The Kier molecular flexibility index (Phi) is 7.07. The lowest BCUT2D eigenvalue weighted by Gasteiger charge is -2.16. The highest BCUT2D eigenvalue weighted by atomic mass is 16.5. The topological polar surface area (TPSA) is 64.7 Å². The monoisotopic (exact) mass is 315 g/mol. The number of hydrogen-bond acceptors (Lipinski definition) is 4. The molecule has 0 aliphatic carbocycles. The Morgan fingerprint density at radius 3 is 2.61 bits per heavy atom. The molecule has 2 rings (SSSR count). The summed E-state index contributed by atoms with van der Waals surface area (Å²) in [5.74, 6) is 0.730. The van der Waals surface area contributed by atoms with E-state index in [1.807, 2.05) is 61.5 Å². The van der Waals surface area contributed by atoms with Crippen LogP contribution in [0.3, 0.4) is 0 Å². The highest BCUT2D eigenvalue weighted by molar-refractivity contribution is 5.29. The van der Waals surface area contributed by atoms with E-state index in [-0.39, 0.29) is 6.10 Å². The van der Waals surface area contributed by atoms with Crippen molar-refractivity contribution in [3.63, 3.8) is 0 Å². The Morgan fingerprint density at radius 2 is 1.87 bits per heavy atom. The van der Waals surface area contributed by atoms with Crippen LogP contribution in [0.1, 0.15) is 30.6 Å². The van der Waals surface area contributed by atoms with Crippen LogP contribution in [0.2, 0.25) is 0 Å². The summed E-state index contributed by atoms with van der Waals surface area (Å²) in [6.07, 6.45) is -0.0248. The molecule has 0 amide bonds. The summed E-state index contributed by atoms with van der Waals surface area (Å²) < 4.78 is 11.5. The van der Waals surface area contributed by atoms with E-state index in [0.717, 1.165) is 16.9 Å². The van der Waals surface area contributed by atoms with Gasteiger partial charge in [-0.3, -0.25) is 0 Å². The van der Waals surface area contributed by atoms with Crippen LogP contribution in [0, 0.1) is 0 Å². The van der Waals surface area contributed by atoms with Gasteiger partial charge in [0.15, 0.2) is 0 Å². The molecule has 2 aromatic rings. The van der Waals surface area contributed by atoms with Crippen molar-refractivity contribution in [2.45, 2.75) is 32.2 Å². The summed E-state index contributed by atoms with van der Waals surface area (Å²) in [7, 11) is 0. The van der Waals surface area contributed by atoms with Gasteiger partial charge in [0.1, 0.15) is 12.4 Å². The van der Waals surface area contributed by atoms with Gasteiger partial charge >= 0.3 is 0 Å². The Labute approximate surface area is 137 Å². The molecule has 23 heavy (non-hydrogen) atoms. The molecule has 0 radical (unpaired) electrons. The maximum Gasteiger partial charge on any atom is 0.119 e. The normalized spacial score (nSPS) is 13.5. The predicted molar refractivity (Wildman–Crippen MR) is 91.3 cm³/mol. The first-order valence-electron chi connectivity index (χ1n) is 7.95. The first kappa shape index (κ1) is 17.5. The molecule has 0 saturated carbocycles. The molecule has 3 N–H and O–H groups in total. The summed E-state index contributed by atoms with van der Waals surface area (Å²) in [5.41, 5.74) is 7.45. The van der Waals surface area contributed by atoms with Gasteiger partial charge in [-0.2, -0.15) is 0 Å². The van der Waals surface area contributed by atoms with Crippen LogP contribution in [-0.2, 0) is 11.3 Å². The van der Waals surface area contributed by atoms with Crippen molar-refractivity contribution in [3.05, 3.63) is 65.7 Å². The Balaban J connectivity index is 1.79. The second-order valence-corrected chi connectivity index (χ2v) is 5.58. The van der Waals surface area contributed by atoms with Gasteiger partial charge < -0.3 is 20.3 Å². The minimum atomic E-state index is -0.546. The van der Waals surface area contributed by atoms with E-state index in [2.05, 4.69) is 0 Å². The van der Waals surface area contributed by atoms with E-state index in [4.69, 9.17) is 15.2 Å². The quantitative estimate of drug-likeness (QED) is 0.746. The first-order valence-corrected chi connectivity index (χ1v) is 7.95. The fourth-order valence-corrected chi connectivity index (χ4v) is 2.21. The zero-order valence-corrected chi connectivity index (χ0v) is 13.5. The van der Waals surface area contributed by atoms with E-state index in [9.17, 15) is 5.11 Å². The van der Waals surface area contributed by atoms with Gasteiger partial charge in [0.25, 0.3) is 0 Å². The first-order chi connectivity index (χ1) is 11.2. The van der Waals surface area contributed by atoms with Crippen molar-refractivity contribution < 1.29 is 14.6 Å². The van der Waals surface area contributed by atoms with E-state index >= 15 is 0 Å². The molecule has 0 heterocycles. The van der Waals surface area contributed by atoms with Crippen LogP contribution in [0.5, 0.6) is 5.75 Å². The average molecular weight is 315 g/mol. The Bertz CT molecular complexity index is 574. The Hall–Kier alpha value is -1.88. The van der Waals surface area contributed by atoms with Crippen LogP contribution in [0.15, 0.2) is 54.6 Å². The summed E-state index contributed by atoms with van der Waals surface area (Å²) in [6.45, 7) is 3.47. The van der Waals surface area contributed by atoms with Crippen molar-refractivity contribution in [2.75, 3.05) is 13.2 Å². The van der Waals surface area contributed by atoms with Crippen LogP contribution >= 0.6 is 0 Å². The van der Waals surface area contributed by atoms with Crippen molar-refractivity contribution in [1.29, 1.82) is 0 Å². The third-order valence-electron chi connectivity index (χ3n) is 3.55. The number of hydrogen-bond donors (Lipinski definition) is 2. The molecular weight excluding hydrogens is 290 g/mol. The molecule has 0 bridgehead atoms. The van der Waals surface area contributed by atoms with E-state index in [1.165, 1.54) is 0 Å². The molecule has 0 aliphatic rings. The maximum atomic E-state index is 9.97. The van der Waals surface area contributed by atoms with Crippen molar-refractivity contribution in [2.24, 2.45) is 5.73 Å². The third kappa shape index (κ3) is 6.02. The largest absolute Gasteiger partial charge is 0.491 e. The van der Waals surface area contributed by atoms with Gasteiger partial charge in [0.05, 0.1) is 18.8 Å². The van der Waals surface area contributed by atoms with Gasteiger partial charge in [0, 0.05) is 0 Å². The molecule has 4 heteroatoms. The molecule has 124 valence electrons. The smallest absolute Gasteiger partial charge is 0.119 e. The number of aliphatic hydroxyl groups is 1. The highest BCUT2D eigenvalue weighted by Gasteiger charge is 2.09. The standard InChI is InChI=1S/C19H25NO3/c1-15(22-14-16-6-3-2-4-7-16)13-23-18-9-5-8-17(12-18)19(21)10-11-20/h2-9,12,15,19,21H,10-11,13-14,20H2,1H3. The number of ether oxygens (including phenoxy) is 2. The van der Waals surface area contributed by atoms with Crippen LogP contribution < -0.4 is 10.5 Å². The van der Waals surface area contributed by atoms with E-state index in [1.54, 1.807) is 0 Å². The van der Waals surface area contributed by atoms with E-state index < -0.39 is 6.10 Å². The SMILES string of the molecule is CC(COc1cccc(C(O)CCN)c1)OCc1ccccc1. The molecule has 0 fully saturated rings. The second kappa shape index (κ2) is 9.30. The van der Waals surface area contributed by atoms with Crippen LogP contribution in [0.4, 0.5) is 0 Å². The van der Waals surface area contributed by atoms with Gasteiger partial charge in [-0.1, -0.05) is 42.5 Å². The number of nitrogens with two attached hydrogens (primary N) is 1. The minimum absolute atomic E-state index is 0.0205. The fraction of sp³-hybridized carbons (Fsp3) is 0.368. The lowest BCUT2D eigenvalue weighted by molar-refractivity contribution is 0.0213. The predicted octanol–water partition coefficient (Wildman–Crippen LogP) is 3.05. The summed E-state index contributed by atoms with van der Waals surface area (Å²) in [5, 5.41) is 9.97. The minimum Gasteiger partial charge on any atom is -0.491 e. The van der Waals surface area contributed by atoms with E-state index in [0.29, 0.717) is 26.2 Å². The zero-order valence-electron chi connectivity index (χ0n) is 13.5. The van der Waals surface area contributed by atoms with Crippen molar-refractivity contribution in [3.8, 4) is 5.75 Å². The zero-order chi connectivity index (χ0) is 16.5. The lowest BCUT2D eigenvalue weighted by atomic mass is 10.1. The average Bonchev–Trinajstić information content (AvgIpc) is 2.59. The van der Waals surface area contributed by atoms with Crippen molar-refractivity contribution in [1.82, 2.24) is 0 Å². The molecule has 0 saturated heterocycles. The third-order valence-corrected chi connectivity index (χ3v) is 3.55. The van der Waals surface area contributed by atoms with Gasteiger partial charge in [0.2, 0.25) is 0 Å². The summed E-state index contributed by atoms with van der Waals surface area (Å²) in [4.78, 5) is 0. The second-order valence-electron chi connectivity index (χ2n) is 5.58. The number of benzene rings is 2. The van der Waals surface area contributed by atoms with Crippen LogP contribution in [0.25, 0.3) is 0 Å². The van der Waals surface area contributed by atoms with Crippen molar-refractivity contribution >= 4 is 0 Å². The number of aliphatic hydroxyl groups excluding tert-OH is 1. The number of rotatable bonds is 9. The molecule has 4 nitrogen and oxygen atoms in total. The van der Waals surface area contributed by atoms with Gasteiger partial charge in [-0.05, 0) is 43.1 Å². The van der Waals surface area contributed by atoms with Crippen LogP contribution in [-0.4, -0.2) is 24.4 Å². The Morgan fingerprint density at radius 1 is 1.09 bits per heavy atom.